The fourth-order valence-electron chi connectivity index (χ4n) is 5.41. The van der Waals surface area contributed by atoms with Gasteiger partial charge in [0.1, 0.15) is 17.7 Å². The predicted molar refractivity (Wildman–Crippen MR) is 124 cm³/mol. The fourth-order valence-corrected chi connectivity index (χ4v) is 5.41. The van der Waals surface area contributed by atoms with Crippen molar-refractivity contribution in [2.45, 2.75) is 75.8 Å². The molecule has 0 aromatic carbocycles. The van der Waals surface area contributed by atoms with Crippen molar-refractivity contribution >= 4 is 28.6 Å². The van der Waals surface area contributed by atoms with E-state index in [9.17, 15) is 4.79 Å². The van der Waals surface area contributed by atoms with E-state index < -0.39 is 0 Å². The maximum Gasteiger partial charge on any atom is 0.411 e. The molecule has 10 nitrogen and oxygen atoms in total. The highest BCUT2D eigenvalue weighted by Gasteiger charge is 2.42. The van der Waals surface area contributed by atoms with E-state index >= 15 is 0 Å². The van der Waals surface area contributed by atoms with Crippen LogP contribution in [0.5, 0.6) is 0 Å². The lowest BCUT2D eigenvalue weighted by Gasteiger charge is -2.48. The quantitative estimate of drug-likeness (QED) is 0.544. The first-order valence-corrected chi connectivity index (χ1v) is 11.7. The largest absolute Gasteiger partial charge is 0.434 e. The molecular weight excluding hydrogens is 420 g/mol. The number of nitrogens with zero attached hydrogens (tertiary/aromatic N) is 4. The molecule has 174 valence electrons. The molecule has 0 saturated carbocycles. The normalized spacial score (nSPS) is 28.8. The lowest BCUT2D eigenvalue weighted by Crippen LogP contribution is -2.57. The van der Waals surface area contributed by atoms with Gasteiger partial charge >= 0.3 is 6.09 Å². The molecule has 0 spiro atoms. The smallest absolute Gasteiger partial charge is 0.411 e. The molecular formula is C23H30N8O2. The molecule has 2 aromatic rings. The van der Waals surface area contributed by atoms with E-state index in [0.717, 1.165) is 61.1 Å². The Hall–Kier alpha value is -3.16. The number of hydrogen-bond donors (Lipinski definition) is 4. The maximum atomic E-state index is 12.5. The van der Waals surface area contributed by atoms with Crippen LogP contribution in [0.1, 0.15) is 45.4 Å². The fraction of sp³-hybridized carbons (Fsp3) is 0.565. The second-order valence-electron chi connectivity index (χ2n) is 9.22. The summed E-state index contributed by atoms with van der Waals surface area (Å²) in [6.45, 7) is 1.93. The van der Waals surface area contributed by atoms with E-state index in [-0.39, 0.29) is 37.0 Å². The van der Waals surface area contributed by atoms with E-state index in [2.05, 4.69) is 33.4 Å². The van der Waals surface area contributed by atoms with E-state index in [4.69, 9.17) is 15.0 Å². The van der Waals surface area contributed by atoms with Crippen LogP contribution in [0.2, 0.25) is 0 Å². The Kier molecular flexibility index (Phi) is 6.15. The minimum Gasteiger partial charge on any atom is -0.434 e. The van der Waals surface area contributed by atoms with Crippen LogP contribution < -0.4 is 21.5 Å². The molecule has 10 heteroatoms. The lowest BCUT2D eigenvalue weighted by molar-refractivity contribution is 0.0246. The molecule has 2 aromatic heterocycles. The number of anilines is 2. The van der Waals surface area contributed by atoms with Crippen LogP contribution in [-0.2, 0) is 4.74 Å². The molecule has 3 saturated heterocycles. The summed E-state index contributed by atoms with van der Waals surface area (Å²) >= 11 is 0. The maximum absolute atomic E-state index is 12.5. The van der Waals surface area contributed by atoms with Gasteiger partial charge in [0, 0.05) is 41.8 Å². The first kappa shape index (κ1) is 21.7. The van der Waals surface area contributed by atoms with Crippen molar-refractivity contribution in [2.75, 3.05) is 17.2 Å². The van der Waals surface area contributed by atoms with E-state index in [0.29, 0.717) is 6.04 Å². The molecule has 4 N–H and O–H groups in total. The van der Waals surface area contributed by atoms with Crippen molar-refractivity contribution in [1.29, 1.82) is 5.26 Å². The third-order valence-electron chi connectivity index (χ3n) is 6.80. The number of fused-ring (bicyclic) bond motifs is 3. The van der Waals surface area contributed by atoms with Crippen LogP contribution in [0.3, 0.4) is 0 Å². The summed E-state index contributed by atoms with van der Waals surface area (Å²) in [6.07, 6.45) is 7.14. The number of hydrogen-bond acceptors (Lipinski definition) is 9. The van der Waals surface area contributed by atoms with Gasteiger partial charge in [0.15, 0.2) is 6.61 Å². The molecule has 3 aliphatic rings. The molecule has 5 rings (SSSR count). The van der Waals surface area contributed by atoms with E-state index in [1.807, 2.05) is 29.2 Å². The van der Waals surface area contributed by atoms with Crippen LogP contribution in [0.4, 0.5) is 16.4 Å². The number of aromatic nitrogens is 2. The van der Waals surface area contributed by atoms with Crippen molar-refractivity contribution < 1.29 is 9.53 Å². The number of hydrazine groups is 1. The van der Waals surface area contributed by atoms with Crippen molar-refractivity contribution in [3.8, 4) is 6.07 Å². The molecule has 3 aliphatic heterocycles. The zero-order valence-corrected chi connectivity index (χ0v) is 18.8. The van der Waals surface area contributed by atoms with Gasteiger partial charge in [-0.15, -0.1) is 0 Å². The van der Waals surface area contributed by atoms with Gasteiger partial charge in [0.05, 0.1) is 11.7 Å². The Morgan fingerprint density at radius 1 is 1.27 bits per heavy atom. The minimum absolute atomic E-state index is 0.100. The third-order valence-corrected chi connectivity index (χ3v) is 6.80. The van der Waals surface area contributed by atoms with Crippen molar-refractivity contribution in [3.05, 3.63) is 24.4 Å². The Morgan fingerprint density at radius 3 is 2.82 bits per heavy atom. The first-order chi connectivity index (χ1) is 16.1. The Morgan fingerprint density at radius 2 is 2.09 bits per heavy atom. The van der Waals surface area contributed by atoms with E-state index in [1.54, 1.807) is 6.20 Å². The van der Waals surface area contributed by atoms with Gasteiger partial charge in [-0.2, -0.15) is 5.26 Å². The average Bonchev–Trinajstić information content (AvgIpc) is 3.21. The van der Waals surface area contributed by atoms with Crippen LogP contribution in [0.25, 0.3) is 10.9 Å². The Labute approximate surface area is 193 Å². The second kappa shape index (κ2) is 9.37. The number of pyridine rings is 2. The monoisotopic (exact) mass is 450 g/mol. The second-order valence-corrected chi connectivity index (χ2v) is 9.22. The number of piperidine rings is 2. The molecule has 0 radical (unpaired) electrons. The van der Waals surface area contributed by atoms with Crippen LogP contribution in [0, 0.1) is 11.3 Å². The molecule has 33 heavy (non-hydrogen) atoms. The zero-order valence-electron chi connectivity index (χ0n) is 18.8. The Balaban J connectivity index is 1.34. The number of rotatable bonds is 5. The lowest BCUT2D eigenvalue weighted by atomic mass is 9.82. The van der Waals surface area contributed by atoms with Crippen LogP contribution in [-0.4, -0.2) is 57.9 Å². The van der Waals surface area contributed by atoms with Crippen LogP contribution >= 0.6 is 0 Å². The number of nitriles is 1. The predicted octanol–water partition coefficient (Wildman–Crippen LogP) is 2.71. The molecule has 1 amide bonds. The molecule has 0 aliphatic carbocycles. The summed E-state index contributed by atoms with van der Waals surface area (Å²) in [5, 5.41) is 16.9. The third kappa shape index (κ3) is 4.65. The summed E-state index contributed by atoms with van der Waals surface area (Å²) in [6, 6.07) is 8.64. The van der Waals surface area contributed by atoms with Gasteiger partial charge in [0.25, 0.3) is 0 Å². The van der Waals surface area contributed by atoms with Crippen molar-refractivity contribution in [2.24, 2.45) is 0 Å². The van der Waals surface area contributed by atoms with Crippen molar-refractivity contribution in [3.63, 3.8) is 0 Å². The summed E-state index contributed by atoms with van der Waals surface area (Å²) in [7, 11) is 0. The van der Waals surface area contributed by atoms with Gasteiger partial charge in [-0.3, -0.25) is 10.4 Å². The van der Waals surface area contributed by atoms with Gasteiger partial charge < -0.3 is 20.3 Å². The molecule has 3 unspecified atom stereocenters. The summed E-state index contributed by atoms with van der Waals surface area (Å²) in [5.41, 5.74) is 7.36. The highest BCUT2D eigenvalue weighted by molar-refractivity contribution is 5.91. The minimum atomic E-state index is -0.365. The summed E-state index contributed by atoms with van der Waals surface area (Å²) in [4.78, 5) is 23.9. The summed E-state index contributed by atoms with van der Waals surface area (Å²) in [5.74, 6) is 1.58. The molecule has 5 atom stereocenters. The number of carbonyl (C=O) groups is 1. The average molecular weight is 451 g/mol. The highest BCUT2D eigenvalue weighted by atomic mass is 16.6. The molecule has 5 heterocycles. The van der Waals surface area contributed by atoms with E-state index in [1.165, 1.54) is 0 Å². The molecule has 3 fully saturated rings. The van der Waals surface area contributed by atoms with Gasteiger partial charge in [-0.05, 0) is 57.6 Å². The first-order valence-electron chi connectivity index (χ1n) is 11.7. The van der Waals surface area contributed by atoms with Gasteiger partial charge in [0.2, 0.25) is 0 Å². The Bertz CT molecular complexity index is 1040. The number of ether oxygens (including phenoxy) is 1. The number of nitrogens with one attached hydrogen (secondary N) is 4. The SMILES string of the molecule is CC1CC(Nc2cc3ncccc3c(NC3C[C@H]4CCC[C@@H](C3)N4C(=O)OCC#N)n2)NN1. The standard InChI is InChI=1S/C23H30N8O2/c1-14-10-21(30-29-14)27-20-13-19-18(6-3-8-25-19)22(28-20)26-15-11-16-4-2-5-17(12-15)31(16)23(32)33-9-7-24/h3,6,8,13-17,21,29-30H,2,4-5,9-12H2,1H3,(H2,26,27,28)/t14?,15?,16-,17+,21?. The molecule has 2 bridgehead atoms. The topological polar surface area (TPSA) is 127 Å². The number of carbonyl (C=O) groups excluding carboxylic acids is 1. The summed E-state index contributed by atoms with van der Waals surface area (Å²) < 4.78 is 5.13. The van der Waals surface area contributed by atoms with Crippen molar-refractivity contribution in [1.82, 2.24) is 25.7 Å². The van der Waals surface area contributed by atoms with Gasteiger partial charge in [-0.1, -0.05) is 0 Å². The number of amides is 1. The van der Waals surface area contributed by atoms with Gasteiger partial charge in [-0.25, -0.2) is 15.2 Å². The van der Waals surface area contributed by atoms with Crippen LogP contribution in [0.15, 0.2) is 24.4 Å². The highest BCUT2D eigenvalue weighted by Crippen LogP contribution is 2.36. The zero-order chi connectivity index (χ0) is 22.8.